The summed E-state index contributed by atoms with van der Waals surface area (Å²) in [6, 6.07) is 13.1. The summed E-state index contributed by atoms with van der Waals surface area (Å²) in [4.78, 5) is 0. The molecule has 0 unspecified atom stereocenters. The highest BCUT2D eigenvalue weighted by molar-refractivity contribution is 5.32. The van der Waals surface area contributed by atoms with E-state index in [2.05, 4.69) is 37.4 Å². The van der Waals surface area contributed by atoms with Gasteiger partial charge < -0.3 is 5.32 Å². The zero-order chi connectivity index (χ0) is 13.7. The minimum absolute atomic E-state index is 0.174. The molecule has 0 aliphatic heterocycles. The van der Waals surface area contributed by atoms with Crippen molar-refractivity contribution < 1.29 is 4.39 Å². The molecule has 1 N–H and O–H groups in total. The van der Waals surface area contributed by atoms with Crippen molar-refractivity contribution in [3.63, 3.8) is 0 Å². The molecule has 0 aliphatic carbocycles. The summed E-state index contributed by atoms with van der Waals surface area (Å²) < 4.78 is 12.8. The molecule has 0 aromatic heterocycles. The molecular weight excluding hydrogens is 237 g/mol. The summed E-state index contributed by atoms with van der Waals surface area (Å²) in [5, 5.41) is 3.44. The molecule has 0 amide bonds. The minimum atomic E-state index is -0.174. The Balaban J connectivity index is 1.81. The van der Waals surface area contributed by atoms with Crippen LogP contribution in [0, 0.1) is 19.7 Å². The Kier molecular flexibility index (Phi) is 4.69. The Bertz CT molecular complexity index is 531. The third-order valence-electron chi connectivity index (χ3n) is 3.54. The highest BCUT2D eigenvalue weighted by atomic mass is 19.1. The first-order valence-corrected chi connectivity index (χ1v) is 6.67. The molecule has 0 spiro atoms. The van der Waals surface area contributed by atoms with Crippen LogP contribution in [0.5, 0.6) is 0 Å². The van der Waals surface area contributed by atoms with Gasteiger partial charge in [0.15, 0.2) is 0 Å². The van der Waals surface area contributed by atoms with Crippen molar-refractivity contribution in [2.45, 2.75) is 26.8 Å². The molecule has 2 aromatic rings. The van der Waals surface area contributed by atoms with Gasteiger partial charge in [0, 0.05) is 6.54 Å². The standard InChI is InChI=1S/C17H20FN/c1-13-4-3-5-16(14(13)2)12-19-11-10-15-6-8-17(18)9-7-15/h3-9,19H,10-12H2,1-2H3. The molecule has 19 heavy (non-hydrogen) atoms. The lowest BCUT2D eigenvalue weighted by Gasteiger charge is -2.10. The Morgan fingerprint density at radius 3 is 2.47 bits per heavy atom. The number of aryl methyl sites for hydroxylation is 1. The van der Waals surface area contributed by atoms with E-state index in [-0.39, 0.29) is 5.82 Å². The van der Waals surface area contributed by atoms with Crippen LogP contribution in [0.3, 0.4) is 0 Å². The van der Waals surface area contributed by atoms with Crippen molar-refractivity contribution >= 4 is 0 Å². The summed E-state index contributed by atoms with van der Waals surface area (Å²) in [7, 11) is 0. The maximum atomic E-state index is 12.8. The van der Waals surface area contributed by atoms with Gasteiger partial charge in [-0.15, -0.1) is 0 Å². The van der Waals surface area contributed by atoms with Gasteiger partial charge in [0.1, 0.15) is 5.82 Å². The van der Waals surface area contributed by atoms with E-state index in [0.29, 0.717) is 0 Å². The van der Waals surface area contributed by atoms with Crippen LogP contribution in [-0.4, -0.2) is 6.54 Å². The van der Waals surface area contributed by atoms with Crippen molar-refractivity contribution in [3.05, 3.63) is 70.5 Å². The van der Waals surface area contributed by atoms with Gasteiger partial charge in [0.25, 0.3) is 0 Å². The largest absolute Gasteiger partial charge is 0.312 e. The fraction of sp³-hybridized carbons (Fsp3) is 0.294. The van der Waals surface area contributed by atoms with E-state index in [9.17, 15) is 4.39 Å². The van der Waals surface area contributed by atoms with E-state index in [4.69, 9.17) is 0 Å². The second-order valence-electron chi connectivity index (χ2n) is 4.91. The topological polar surface area (TPSA) is 12.0 Å². The third-order valence-corrected chi connectivity index (χ3v) is 3.54. The summed E-state index contributed by atoms with van der Waals surface area (Å²) in [6.07, 6.45) is 0.922. The van der Waals surface area contributed by atoms with Gasteiger partial charge in [0.2, 0.25) is 0 Å². The predicted molar refractivity (Wildman–Crippen MR) is 77.7 cm³/mol. The van der Waals surface area contributed by atoms with Gasteiger partial charge in [-0.3, -0.25) is 0 Å². The number of benzene rings is 2. The normalized spacial score (nSPS) is 10.7. The van der Waals surface area contributed by atoms with Crippen LogP contribution >= 0.6 is 0 Å². The first kappa shape index (κ1) is 13.8. The molecule has 2 heteroatoms. The smallest absolute Gasteiger partial charge is 0.123 e. The fourth-order valence-electron chi connectivity index (χ4n) is 2.11. The average Bonchev–Trinajstić information content (AvgIpc) is 2.41. The van der Waals surface area contributed by atoms with E-state index in [1.165, 1.54) is 28.8 Å². The van der Waals surface area contributed by atoms with Gasteiger partial charge in [-0.25, -0.2) is 4.39 Å². The van der Waals surface area contributed by atoms with Crippen molar-refractivity contribution in [3.8, 4) is 0 Å². The van der Waals surface area contributed by atoms with E-state index < -0.39 is 0 Å². The van der Waals surface area contributed by atoms with Crippen molar-refractivity contribution in [2.24, 2.45) is 0 Å². The van der Waals surface area contributed by atoms with Gasteiger partial charge in [0.05, 0.1) is 0 Å². The first-order chi connectivity index (χ1) is 9.16. The zero-order valence-electron chi connectivity index (χ0n) is 11.5. The molecule has 0 saturated carbocycles. The fourth-order valence-corrected chi connectivity index (χ4v) is 2.11. The second kappa shape index (κ2) is 6.48. The quantitative estimate of drug-likeness (QED) is 0.804. The number of hydrogen-bond acceptors (Lipinski definition) is 1. The van der Waals surface area contributed by atoms with Crippen LogP contribution in [0.1, 0.15) is 22.3 Å². The van der Waals surface area contributed by atoms with E-state index in [1.807, 2.05) is 12.1 Å². The van der Waals surface area contributed by atoms with Crippen LogP contribution in [0.2, 0.25) is 0 Å². The van der Waals surface area contributed by atoms with Crippen molar-refractivity contribution in [2.75, 3.05) is 6.54 Å². The summed E-state index contributed by atoms with van der Waals surface area (Å²) >= 11 is 0. The van der Waals surface area contributed by atoms with Gasteiger partial charge in [-0.1, -0.05) is 30.3 Å². The van der Waals surface area contributed by atoms with E-state index in [0.717, 1.165) is 25.1 Å². The van der Waals surface area contributed by atoms with Gasteiger partial charge in [-0.2, -0.15) is 0 Å². The lowest BCUT2D eigenvalue weighted by molar-refractivity contribution is 0.626. The molecule has 1 nitrogen and oxygen atoms in total. The van der Waals surface area contributed by atoms with Crippen LogP contribution in [-0.2, 0) is 13.0 Å². The Labute approximate surface area is 114 Å². The maximum Gasteiger partial charge on any atom is 0.123 e. The second-order valence-corrected chi connectivity index (χ2v) is 4.91. The van der Waals surface area contributed by atoms with Crippen LogP contribution < -0.4 is 5.32 Å². The van der Waals surface area contributed by atoms with E-state index >= 15 is 0 Å². The van der Waals surface area contributed by atoms with Gasteiger partial charge in [-0.05, 0) is 61.2 Å². The van der Waals surface area contributed by atoms with E-state index in [1.54, 1.807) is 0 Å². The molecule has 0 aliphatic rings. The lowest BCUT2D eigenvalue weighted by atomic mass is 10.0. The Hall–Kier alpha value is -1.67. The number of nitrogens with one attached hydrogen (secondary N) is 1. The van der Waals surface area contributed by atoms with Crippen LogP contribution in [0.4, 0.5) is 4.39 Å². The Morgan fingerprint density at radius 1 is 1.00 bits per heavy atom. The molecule has 2 rings (SSSR count). The highest BCUT2D eigenvalue weighted by Crippen LogP contribution is 2.12. The average molecular weight is 257 g/mol. The van der Waals surface area contributed by atoms with Crippen LogP contribution in [0.15, 0.2) is 42.5 Å². The molecule has 0 radical (unpaired) electrons. The number of hydrogen-bond donors (Lipinski definition) is 1. The number of rotatable bonds is 5. The first-order valence-electron chi connectivity index (χ1n) is 6.67. The molecule has 0 fully saturated rings. The molecule has 0 saturated heterocycles. The predicted octanol–water partition coefficient (Wildman–Crippen LogP) is 3.77. The maximum absolute atomic E-state index is 12.8. The molecule has 0 atom stereocenters. The summed E-state index contributed by atoms with van der Waals surface area (Å²) in [5.41, 5.74) is 5.20. The third kappa shape index (κ3) is 3.90. The summed E-state index contributed by atoms with van der Waals surface area (Å²) in [6.45, 7) is 6.08. The van der Waals surface area contributed by atoms with Crippen LogP contribution in [0.25, 0.3) is 0 Å². The Morgan fingerprint density at radius 2 is 1.74 bits per heavy atom. The molecule has 0 heterocycles. The monoisotopic (exact) mass is 257 g/mol. The highest BCUT2D eigenvalue weighted by Gasteiger charge is 2.00. The van der Waals surface area contributed by atoms with Gasteiger partial charge >= 0.3 is 0 Å². The molecule has 0 bridgehead atoms. The number of halogens is 1. The summed E-state index contributed by atoms with van der Waals surface area (Å²) in [5.74, 6) is -0.174. The zero-order valence-corrected chi connectivity index (χ0v) is 11.5. The SMILES string of the molecule is Cc1cccc(CNCCc2ccc(F)cc2)c1C. The molecular formula is C17H20FN. The minimum Gasteiger partial charge on any atom is -0.312 e. The van der Waals surface area contributed by atoms with Crippen molar-refractivity contribution in [1.29, 1.82) is 0 Å². The molecule has 2 aromatic carbocycles. The molecule has 100 valence electrons. The van der Waals surface area contributed by atoms with Crippen molar-refractivity contribution in [1.82, 2.24) is 5.32 Å². The lowest BCUT2D eigenvalue weighted by Crippen LogP contribution is -2.17.